The highest BCUT2D eigenvalue weighted by Gasteiger charge is 2.21. The van der Waals surface area contributed by atoms with Crippen LogP contribution >= 0.6 is 0 Å². The van der Waals surface area contributed by atoms with E-state index < -0.39 is 0 Å². The van der Waals surface area contributed by atoms with E-state index in [1.165, 1.54) is 11.1 Å². The lowest BCUT2D eigenvalue weighted by Gasteiger charge is -2.36. The molecule has 0 spiro atoms. The van der Waals surface area contributed by atoms with Gasteiger partial charge in [0.1, 0.15) is 5.75 Å². The third-order valence-corrected chi connectivity index (χ3v) is 4.92. The fourth-order valence-corrected chi connectivity index (χ4v) is 3.31. The largest absolute Gasteiger partial charge is 0.508 e. The first-order valence-corrected chi connectivity index (χ1v) is 9.01. The molecule has 1 saturated heterocycles. The molecule has 0 aliphatic carbocycles. The lowest BCUT2D eigenvalue weighted by Crippen LogP contribution is -2.44. The summed E-state index contributed by atoms with van der Waals surface area (Å²) in [6.07, 6.45) is 0. The summed E-state index contributed by atoms with van der Waals surface area (Å²) >= 11 is 0. The zero-order chi connectivity index (χ0) is 17.6. The third-order valence-electron chi connectivity index (χ3n) is 4.92. The van der Waals surface area contributed by atoms with Gasteiger partial charge in [-0.3, -0.25) is 9.80 Å². The molecule has 2 aromatic rings. The summed E-state index contributed by atoms with van der Waals surface area (Å²) in [5.74, 6) is 0.373. The third kappa shape index (κ3) is 4.82. The van der Waals surface area contributed by atoms with Crippen molar-refractivity contribution < 1.29 is 9.84 Å². The Balaban J connectivity index is 1.81. The Morgan fingerprint density at radius 2 is 1.84 bits per heavy atom. The highest BCUT2D eigenvalue weighted by atomic mass is 16.5. The molecule has 0 unspecified atom stereocenters. The van der Waals surface area contributed by atoms with E-state index in [-0.39, 0.29) is 6.04 Å². The second kappa shape index (κ2) is 8.48. The number of rotatable bonds is 6. The van der Waals surface area contributed by atoms with Crippen molar-refractivity contribution in [2.24, 2.45) is 0 Å². The van der Waals surface area contributed by atoms with E-state index in [1.807, 2.05) is 6.07 Å². The first-order valence-electron chi connectivity index (χ1n) is 9.01. The average molecular weight is 340 g/mol. The Morgan fingerprint density at radius 1 is 1.12 bits per heavy atom. The zero-order valence-corrected chi connectivity index (χ0v) is 15.2. The van der Waals surface area contributed by atoms with E-state index in [1.54, 1.807) is 6.07 Å². The van der Waals surface area contributed by atoms with E-state index in [0.29, 0.717) is 5.75 Å². The molecular weight excluding hydrogens is 312 g/mol. The van der Waals surface area contributed by atoms with Gasteiger partial charge in [-0.25, -0.2) is 0 Å². The Kier molecular flexibility index (Phi) is 6.08. The molecule has 3 rings (SSSR count). The fraction of sp³-hybridized carbons (Fsp3) is 0.429. The average Bonchev–Trinajstić information content (AvgIpc) is 2.65. The molecule has 1 N–H and O–H groups in total. The monoisotopic (exact) mass is 340 g/mol. The molecule has 1 fully saturated rings. The maximum atomic E-state index is 10.3. The molecule has 4 heteroatoms. The van der Waals surface area contributed by atoms with Crippen LogP contribution in [-0.4, -0.2) is 47.9 Å². The van der Waals surface area contributed by atoms with Gasteiger partial charge in [0.2, 0.25) is 0 Å². The normalized spacial score (nSPS) is 16.9. The topological polar surface area (TPSA) is 35.9 Å². The van der Waals surface area contributed by atoms with Gasteiger partial charge < -0.3 is 9.84 Å². The molecular formula is C21H28N2O2. The van der Waals surface area contributed by atoms with Crippen LogP contribution in [0.15, 0.2) is 48.5 Å². The first kappa shape index (κ1) is 17.9. The van der Waals surface area contributed by atoms with Crippen LogP contribution in [0.2, 0.25) is 0 Å². The van der Waals surface area contributed by atoms with Gasteiger partial charge in [-0.15, -0.1) is 0 Å². The summed E-state index contributed by atoms with van der Waals surface area (Å²) in [6.45, 7) is 9.40. The Labute approximate surface area is 150 Å². The predicted octanol–water partition coefficient (Wildman–Crippen LogP) is 3.55. The van der Waals surface area contributed by atoms with Crippen LogP contribution in [0.25, 0.3) is 0 Å². The summed E-state index contributed by atoms with van der Waals surface area (Å²) in [5.41, 5.74) is 3.45. The van der Waals surface area contributed by atoms with E-state index in [9.17, 15) is 5.11 Å². The molecule has 0 bridgehead atoms. The molecule has 1 atom stereocenters. The second-order valence-corrected chi connectivity index (χ2v) is 6.84. The molecule has 1 aliphatic rings. The summed E-state index contributed by atoms with van der Waals surface area (Å²) in [5, 5.41) is 10.3. The van der Waals surface area contributed by atoms with Gasteiger partial charge in [0.25, 0.3) is 0 Å². The van der Waals surface area contributed by atoms with Crippen LogP contribution < -0.4 is 0 Å². The number of phenols is 1. The number of aromatic hydroxyl groups is 1. The summed E-state index contributed by atoms with van der Waals surface area (Å²) in [7, 11) is 0. The van der Waals surface area contributed by atoms with Gasteiger partial charge in [0.15, 0.2) is 0 Å². The van der Waals surface area contributed by atoms with Crippen LogP contribution in [0.1, 0.15) is 29.7 Å². The number of aryl methyl sites for hydroxylation is 1. The number of morpholine rings is 1. The highest BCUT2D eigenvalue weighted by Crippen LogP contribution is 2.26. The van der Waals surface area contributed by atoms with Crippen molar-refractivity contribution >= 4 is 0 Å². The lowest BCUT2D eigenvalue weighted by molar-refractivity contribution is -0.00117. The quantitative estimate of drug-likeness (QED) is 0.872. The molecule has 25 heavy (non-hydrogen) atoms. The smallest absolute Gasteiger partial charge is 0.120 e. The van der Waals surface area contributed by atoms with Crippen molar-refractivity contribution in [1.82, 2.24) is 9.80 Å². The van der Waals surface area contributed by atoms with Gasteiger partial charge in [-0.05, 0) is 25.5 Å². The molecule has 0 radical (unpaired) electrons. The van der Waals surface area contributed by atoms with Crippen LogP contribution in [-0.2, 0) is 11.3 Å². The Bertz CT molecular complexity index is 669. The van der Waals surface area contributed by atoms with Crippen LogP contribution in [0.3, 0.4) is 0 Å². The van der Waals surface area contributed by atoms with Gasteiger partial charge in [0.05, 0.1) is 19.9 Å². The van der Waals surface area contributed by atoms with Gasteiger partial charge in [-0.2, -0.15) is 0 Å². The number of hydrogen-bond acceptors (Lipinski definition) is 4. The maximum Gasteiger partial charge on any atom is 0.120 e. The van der Waals surface area contributed by atoms with Gasteiger partial charge in [-0.1, -0.05) is 48.0 Å². The number of phenolic OH excluding ortho intramolecular Hbond substituents is 1. The predicted molar refractivity (Wildman–Crippen MR) is 101 cm³/mol. The Hall–Kier alpha value is -1.88. The number of nitrogens with zero attached hydrogens (tertiary/aromatic N) is 2. The standard InChI is InChI=1S/C21H28N2O2/c1-17-8-9-21(24)20(14-17)15-23(16-22-10-12-25-13-11-22)18(2)19-6-4-3-5-7-19/h3-9,14,18,24H,10-13,15-16H2,1-2H3/t18-/m1/s1. The molecule has 134 valence electrons. The molecule has 0 saturated carbocycles. The van der Waals surface area contributed by atoms with Crippen molar-refractivity contribution in [3.05, 3.63) is 65.2 Å². The first-order chi connectivity index (χ1) is 12.1. The van der Waals surface area contributed by atoms with E-state index in [4.69, 9.17) is 4.74 Å². The van der Waals surface area contributed by atoms with Crippen molar-refractivity contribution in [1.29, 1.82) is 0 Å². The lowest BCUT2D eigenvalue weighted by atomic mass is 10.1. The molecule has 1 heterocycles. The number of benzene rings is 2. The minimum atomic E-state index is 0.268. The molecule has 0 aromatic heterocycles. The summed E-state index contributed by atoms with van der Waals surface area (Å²) in [6, 6.07) is 16.7. The van der Waals surface area contributed by atoms with Crippen LogP contribution in [0.5, 0.6) is 5.75 Å². The van der Waals surface area contributed by atoms with E-state index in [0.717, 1.165) is 45.1 Å². The van der Waals surface area contributed by atoms with Crippen molar-refractivity contribution in [3.8, 4) is 5.75 Å². The molecule has 0 amide bonds. The summed E-state index contributed by atoms with van der Waals surface area (Å²) < 4.78 is 5.48. The van der Waals surface area contributed by atoms with E-state index >= 15 is 0 Å². The minimum absolute atomic E-state index is 0.268. The Morgan fingerprint density at radius 3 is 2.56 bits per heavy atom. The van der Waals surface area contributed by atoms with Crippen LogP contribution in [0.4, 0.5) is 0 Å². The van der Waals surface area contributed by atoms with Gasteiger partial charge >= 0.3 is 0 Å². The highest BCUT2D eigenvalue weighted by molar-refractivity contribution is 5.35. The van der Waals surface area contributed by atoms with E-state index in [2.05, 4.69) is 60.0 Å². The number of hydrogen-bond donors (Lipinski definition) is 1. The SMILES string of the molecule is Cc1ccc(O)c(CN(CN2CCOCC2)[C@H](C)c2ccccc2)c1. The number of ether oxygens (including phenoxy) is 1. The fourth-order valence-electron chi connectivity index (χ4n) is 3.31. The van der Waals surface area contributed by atoms with Gasteiger partial charge in [0, 0.05) is 31.2 Å². The maximum absolute atomic E-state index is 10.3. The summed E-state index contributed by atoms with van der Waals surface area (Å²) in [4.78, 5) is 4.85. The van der Waals surface area contributed by atoms with Crippen molar-refractivity contribution in [2.75, 3.05) is 33.0 Å². The molecule has 1 aliphatic heterocycles. The molecule has 4 nitrogen and oxygen atoms in total. The van der Waals surface area contributed by atoms with Crippen LogP contribution in [0, 0.1) is 6.92 Å². The molecule has 2 aromatic carbocycles. The minimum Gasteiger partial charge on any atom is -0.508 e. The zero-order valence-electron chi connectivity index (χ0n) is 15.2. The van der Waals surface area contributed by atoms with Crippen molar-refractivity contribution in [3.63, 3.8) is 0 Å². The second-order valence-electron chi connectivity index (χ2n) is 6.84. The van der Waals surface area contributed by atoms with Crippen molar-refractivity contribution in [2.45, 2.75) is 26.4 Å².